The van der Waals surface area contributed by atoms with Gasteiger partial charge >= 0.3 is 11.7 Å². The molecule has 1 aromatic heterocycles. The lowest BCUT2D eigenvalue weighted by Crippen LogP contribution is -2.53. The Hall–Kier alpha value is -3.15. The van der Waals surface area contributed by atoms with Gasteiger partial charge in [0.05, 0.1) is 21.8 Å². The quantitative estimate of drug-likeness (QED) is 0.835. The van der Waals surface area contributed by atoms with Crippen LogP contribution < -0.4 is 21.8 Å². The standard InChI is InChI=1S/C18H16N2O4/c1-18(2)8-4-7-13-14(10-18)19-17(24)20(15(13)21)12-6-3-5-11(9-12)16(22)23/h3-10H,1-2H3,(H,19,24)(H,22,23). The number of carboxylic acid groups (broad SMARTS) is 1. The highest BCUT2D eigenvalue weighted by Gasteiger charge is 2.14. The van der Waals surface area contributed by atoms with Gasteiger partial charge in [-0.25, -0.2) is 14.2 Å². The Morgan fingerprint density at radius 1 is 1.25 bits per heavy atom. The third-order valence-electron chi connectivity index (χ3n) is 3.82. The van der Waals surface area contributed by atoms with E-state index in [1.165, 1.54) is 24.3 Å². The second kappa shape index (κ2) is 5.49. The van der Waals surface area contributed by atoms with Gasteiger partial charge in [-0.15, -0.1) is 0 Å². The number of aromatic amines is 1. The first-order valence-corrected chi connectivity index (χ1v) is 7.40. The summed E-state index contributed by atoms with van der Waals surface area (Å²) in [4.78, 5) is 39.0. The minimum Gasteiger partial charge on any atom is -0.478 e. The van der Waals surface area contributed by atoms with Crippen molar-refractivity contribution in [2.24, 2.45) is 5.41 Å². The highest BCUT2D eigenvalue weighted by atomic mass is 16.4. The molecule has 0 bridgehead atoms. The molecule has 0 amide bonds. The monoisotopic (exact) mass is 324 g/mol. The van der Waals surface area contributed by atoms with Gasteiger partial charge in [0, 0.05) is 5.41 Å². The van der Waals surface area contributed by atoms with Gasteiger partial charge in [-0.05, 0) is 24.3 Å². The van der Waals surface area contributed by atoms with E-state index in [2.05, 4.69) is 4.98 Å². The summed E-state index contributed by atoms with van der Waals surface area (Å²) < 4.78 is 0.946. The van der Waals surface area contributed by atoms with E-state index in [1.54, 1.807) is 12.2 Å². The number of allylic oxidation sites excluding steroid dienone is 2. The van der Waals surface area contributed by atoms with Gasteiger partial charge in [-0.1, -0.05) is 38.1 Å². The predicted octanol–water partition coefficient (Wildman–Crippen LogP) is 0.381. The van der Waals surface area contributed by atoms with Crippen molar-refractivity contribution in [1.82, 2.24) is 9.55 Å². The molecule has 0 saturated carbocycles. The van der Waals surface area contributed by atoms with Gasteiger partial charge in [0.15, 0.2) is 0 Å². The molecule has 6 heteroatoms. The highest BCUT2D eigenvalue weighted by Crippen LogP contribution is 2.18. The Morgan fingerprint density at radius 2 is 2.00 bits per heavy atom. The SMILES string of the molecule is CC1(C)C=CC=c2c([nH]c(=O)n(-c3cccc(C(=O)O)c3)c2=O)=C1. The summed E-state index contributed by atoms with van der Waals surface area (Å²) in [5, 5.41) is 9.91. The van der Waals surface area contributed by atoms with Crippen molar-refractivity contribution in [2.75, 3.05) is 0 Å². The third kappa shape index (κ3) is 2.74. The van der Waals surface area contributed by atoms with Crippen LogP contribution in [0.4, 0.5) is 0 Å². The van der Waals surface area contributed by atoms with E-state index >= 15 is 0 Å². The van der Waals surface area contributed by atoms with Crippen LogP contribution in [0.15, 0.2) is 46.0 Å². The maximum Gasteiger partial charge on any atom is 0.335 e. The Bertz CT molecular complexity index is 1100. The van der Waals surface area contributed by atoms with Crippen molar-refractivity contribution in [3.63, 3.8) is 0 Å². The van der Waals surface area contributed by atoms with Gasteiger partial charge in [0.25, 0.3) is 5.56 Å². The number of rotatable bonds is 2. The molecule has 0 spiro atoms. The molecule has 1 aliphatic carbocycles. The fraction of sp³-hybridized carbons (Fsp3) is 0.167. The molecule has 0 atom stereocenters. The second-order valence-corrected chi connectivity index (χ2v) is 6.25. The van der Waals surface area contributed by atoms with Crippen molar-refractivity contribution in [3.8, 4) is 5.69 Å². The van der Waals surface area contributed by atoms with Crippen LogP contribution in [0.2, 0.25) is 0 Å². The van der Waals surface area contributed by atoms with Gasteiger partial charge in [-0.3, -0.25) is 4.79 Å². The van der Waals surface area contributed by atoms with Crippen molar-refractivity contribution in [3.05, 3.63) is 73.4 Å². The maximum absolute atomic E-state index is 12.8. The van der Waals surface area contributed by atoms with E-state index in [1.807, 2.05) is 26.0 Å². The number of hydrogen-bond acceptors (Lipinski definition) is 3. The molecular weight excluding hydrogens is 308 g/mol. The minimum atomic E-state index is -1.12. The summed E-state index contributed by atoms with van der Waals surface area (Å²) in [7, 11) is 0. The average molecular weight is 324 g/mol. The Labute approximate surface area is 136 Å². The number of nitrogens with zero attached hydrogens (tertiary/aromatic N) is 1. The number of H-pyrrole nitrogens is 1. The van der Waals surface area contributed by atoms with Gasteiger partial charge < -0.3 is 10.1 Å². The lowest BCUT2D eigenvalue weighted by Gasteiger charge is -2.12. The average Bonchev–Trinajstić information content (AvgIpc) is 2.65. The lowest BCUT2D eigenvalue weighted by molar-refractivity contribution is 0.0697. The zero-order valence-corrected chi connectivity index (χ0v) is 13.2. The second-order valence-electron chi connectivity index (χ2n) is 6.25. The molecule has 0 aliphatic heterocycles. The van der Waals surface area contributed by atoms with Crippen LogP contribution in [0.25, 0.3) is 17.8 Å². The molecule has 0 radical (unpaired) electrons. The number of fused-ring (bicyclic) bond motifs is 1. The van der Waals surface area contributed by atoms with E-state index in [4.69, 9.17) is 5.11 Å². The number of aromatic nitrogens is 2. The summed E-state index contributed by atoms with van der Waals surface area (Å²) in [5.41, 5.74) is -1.18. The summed E-state index contributed by atoms with van der Waals surface area (Å²) >= 11 is 0. The topological polar surface area (TPSA) is 92.2 Å². The molecule has 3 rings (SSSR count). The molecule has 2 aromatic rings. The third-order valence-corrected chi connectivity index (χ3v) is 3.82. The lowest BCUT2D eigenvalue weighted by atomic mass is 9.93. The van der Waals surface area contributed by atoms with Gasteiger partial charge in [-0.2, -0.15) is 0 Å². The van der Waals surface area contributed by atoms with Crippen molar-refractivity contribution in [2.45, 2.75) is 13.8 Å². The molecule has 24 heavy (non-hydrogen) atoms. The summed E-state index contributed by atoms with van der Waals surface area (Å²) in [6.07, 6.45) is 7.18. The molecule has 122 valence electrons. The number of carbonyl (C=O) groups is 1. The largest absolute Gasteiger partial charge is 0.478 e. The summed E-state index contributed by atoms with van der Waals surface area (Å²) in [6, 6.07) is 5.72. The molecule has 1 aromatic carbocycles. The molecule has 2 N–H and O–H groups in total. The van der Waals surface area contributed by atoms with Crippen LogP contribution in [0.1, 0.15) is 24.2 Å². The molecular formula is C18H16N2O4. The van der Waals surface area contributed by atoms with Crippen LogP contribution in [0.3, 0.4) is 0 Å². The molecule has 6 nitrogen and oxygen atoms in total. The number of nitrogens with one attached hydrogen (secondary N) is 1. The Morgan fingerprint density at radius 3 is 2.71 bits per heavy atom. The van der Waals surface area contributed by atoms with Crippen LogP contribution in [0.5, 0.6) is 0 Å². The van der Waals surface area contributed by atoms with Crippen molar-refractivity contribution >= 4 is 18.1 Å². The number of hydrogen-bond donors (Lipinski definition) is 2. The first kappa shape index (κ1) is 15.7. The molecule has 1 aliphatic rings. The minimum absolute atomic E-state index is 0.00492. The van der Waals surface area contributed by atoms with E-state index in [0.29, 0.717) is 10.6 Å². The normalized spacial score (nSPS) is 14.9. The summed E-state index contributed by atoms with van der Waals surface area (Å²) in [6.45, 7) is 3.93. The van der Waals surface area contributed by atoms with Crippen molar-refractivity contribution < 1.29 is 9.90 Å². The Balaban J connectivity index is 2.37. The van der Waals surface area contributed by atoms with Crippen LogP contribution in [-0.4, -0.2) is 20.6 Å². The van der Waals surface area contributed by atoms with Gasteiger partial charge in [0.2, 0.25) is 0 Å². The van der Waals surface area contributed by atoms with Crippen LogP contribution in [0, 0.1) is 5.41 Å². The zero-order valence-electron chi connectivity index (χ0n) is 13.2. The first-order chi connectivity index (χ1) is 11.3. The van der Waals surface area contributed by atoms with E-state index in [0.717, 1.165) is 4.57 Å². The van der Waals surface area contributed by atoms with Gasteiger partial charge in [0.1, 0.15) is 0 Å². The van der Waals surface area contributed by atoms with Crippen molar-refractivity contribution in [1.29, 1.82) is 0 Å². The smallest absolute Gasteiger partial charge is 0.335 e. The Kier molecular flexibility index (Phi) is 3.60. The number of carboxylic acids is 1. The highest BCUT2D eigenvalue weighted by molar-refractivity contribution is 5.88. The van der Waals surface area contributed by atoms with E-state index in [9.17, 15) is 14.4 Å². The fourth-order valence-corrected chi connectivity index (χ4v) is 2.67. The maximum atomic E-state index is 12.8. The number of benzene rings is 1. The molecule has 0 saturated heterocycles. The number of aromatic carboxylic acids is 1. The molecule has 0 unspecified atom stereocenters. The first-order valence-electron chi connectivity index (χ1n) is 7.40. The molecule has 0 fully saturated rings. The van der Waals surface area contributed by atoms with E-state index < -0.39 is 17.2 Å². The van der Waals surface area contributed by atoms with E-state index in [-0.39, 0.29) is 16.7 Å². The molecule has 1 heterocycles. The fourth-order valence-electron chi connectivity index (χ4n) is 2.67. The summed E-state index contributed by atoms with van der Waals surface area (Å²) in [5.74, 6) is -1.12. The van der Waals surface area contributed by atoms with Crippen LogP contribution in [-0.2, 0) is 0 Å². The predicted molar refractivity (Wildman–Crippen MR) is 90.7 cm³/mol. The zero-order chi connectivity index (χ0) is 17.5. The van der Waals surface area contributed by atoms with Crippen LogP contribution >= 0.6 is 0 Å².